The third kappa shape index (κ3) is 4.24. The Kier molecular flexibility index (Phi) is 7.84. The molecule has 11 heavy (non-hydrogen) atoms. The standard InChI is InChI=1S/C6H11N3.2ClH/c1-6-4-8-9(5-6)3-2-7;;/h4-5H,2-3,7H2,1H3;2*1H. The average Bonchev–Trinajstić information content (AvgIpc) is 2.17. The van der Waals surface area contributed by atoms with Crippen LogP contribution in [0.3, 0.4) is 0 Å². The highest BCUT2D eigenvalue weighted by atomic mass is 35.5. The molecule has 0 saturated carbocycles. The number of aromatic nitrogens is 2. The second kappa shape index (κ2) is 6.46. The van der Waals surface area contributed by atoms with Crippen LogP contribution in [0.1, 0.15) is 5.56 Å². The minimum atomic E-state index is 0. The highest BCUT2D eigenvalue weighted by Crippen LogP contribution is 1.91. The van der Waals surface area contributed by atoms with Gasteiger partial charge in [0.05, 0.1) is 12.7 Å². The molecule has 0 radical (unpaired) electrons. The van der Waals surface area contributed by atoms with E-state index in [1.54, 1.807) is 0 Å². The van der Waals surface area contributed by atoms with E-state index in [1.165, 1.54) is 5.56 Å². The second-order valence-electron chi connectivity index (χ2n) is 2.07. The number of aryl methyl sites for hydroxylation is 1. The Morgan fingerprint density at radius 2 is 2.18 bits per heavy atom. The Bertz CT molecular complexity index is 188. The Balaban J connectivity index is 0. The predicted octanol–water partition coefficient (Wildman–Crippen LogP) is 0.994. The minimum Gasteiger partial charge on any atom is -0.329 e. The van der Waals surface area contributed by atoms with Crippen molar-refractivity contribution in [3.8, 4) is 0 Å². The molecule has 0 aliphatic rings. The van der Waals surface area contributed by atoms with E-state index in [0.29, 0.717) is 6.54 Å². The quantitative estimate of drug-likeness (QED) is 0.770. The first-order chi connectivity index (χ1) is 4.33. The maximum absolute atomic E-state index is 5.31. The molecule has 1 rings (SSSR count). The topological polar surface area (TPSA) is 43.8 Å². The largest absolute Gasteiger partial charge is 0.329 e. The Morgan fingerprint density at radius 1 is 1.55 bits per heavy atom. The molecule has 1 aromatic heterocycles. The average molecular weight is 198 g/mol. The lowest BCUT2D eigenvalue weighted by Gasteiger charge is -1.93. The third-order valence-corrected chi connectivity index (χ3v) is 1.12. The van der Waals surface area contributed by atoms with Crippen LogP contribution in [0.15, 0.2) is 12.4 Å². The third-order valence-electron chi connectivity index (χ3n) is 1.12. The summed E-state index contributed by atoms with van der Waals surface area (Å²) in [5.41, 5.74) is 6.49. The van der Waals surface area contributed by atoms with Crippen LogP contribution >= 0.6 is 24.8 Å². The van der Waals surface area contributed by atoms with Gasteiger partial charge < -0.3 is 5.73 Å². The molecule has 0 spiro atoms. The molecule has 0 aliphatic carbocycles. The number of halogens is 2. The number of hydrogen-bond donors (Lipinski definition) is 1. The summed E-state index contributed by atoms with van der Waals surface area (Å²) >= 11 is 0. The maximum atomic E-state index is 5.31. The van der Waals surface area contributed by atoms with Crippen LogP contribution in [-0.4, -0.2) is 16.3 Å². The molecule has 0 bridgehead atoms. The Hall–Kier alpha value is -0.250. The summed E-state index contributed by atoms with van der Waals surface area (Å²) in [6.45, 7) is 3.48. The van der Waals surface area contributed by atoms with E-state index < -0.39 is 0 Å². The van der Waals surface area contributed by atoms with E-state index >= 15 is 0 Å². The highest BCUT2D eigenvalue weighted by molar-refractivity contribution is 5.85. The molecule has 2 N–H and O–H groups in total. The zero-order chi connectivity index (χ0) is 6.69. The van der Waals surface area contributed by atoms with Gasteiger partial charge in [0.15, 0.2) is 0 Å². The number of nitrogens with two attached hydrogens (primary N) is 1. The first-order valence-corrected chi connectivity index (χ1v) is 3.02. The highest BCUT2D eigenvalue weighted by Gasteiger charge is 1.88. The summed E-state index contributed by atoms with van der Waals surface area (Å²) in [6.07, 6.45) is 3.81. The van der Waals surface area contributed by atoms with E-state index in [2.05, 4.69) is 5.10 Å². The maximum Gasteiger partial charge on any atom is 0.0531 e. The van der Waals surface area contributed by atoms with Crippen molar-refractivity contribution in [1.82, 2.24) is 9.78 Å². The van der Waals surface area contributed by atoms with Crippen LogP contribution in [0, 0.1) is 6.92 Å². The molecule has 0 saturated heterocycles. The predicted molar refractivity (Wildman–Crippen MR) is 50.5 cm³/mol. The van der Waals surface area contributed by atoms with Crippen LogP contribution in [0.5, 0.6) is 0 Å². The lowest BCUT2D eigenvalue weighted by atomic mass is 10.4. The lowest BCUT2D eigenvalue weighted by molar-refractivity contribution is 0.625. The summed E-state index contributed by atoms with van der Waals surface area (Å²) in [4.78, 5) is 0. The zero-order valence-electron chi connectivity index (χ0n) is 6.36. The van der Waals surface area contributed by atoms with E-state index in [-0.39, 0.29) is 24.8 Å². The molecule has 5 heteroatoms. The molecule has 0 aliphatic heterocycles. The molecular weight excluding hydrogens is 185 g/mol. The fraction of sp³-hybridized carbons (Fsp3) is 0.500. The van der Waals surface area contributed by atoms with Crippen LogP contribution < -0.4 is 5.73 Å². The molecule has 66 valence electrons. The molecule has 3 nitrogen and oxygen atoms in total. The van der Waals surface area contributed by atoms with Crippen molar-refractivity contribution < 1.29 is 0 Å². The van der Waals surface area contributed by atoms with Gasteiger partial charge in [-0.25, -0.2) is 0 Å². The lowest BCUT2D eigenvalue weighted by Crippen LogP contribution is -2.09. The van der Waals surface area contributed by atoms with Gasteiger partial charge in [-0.05, 0) is 12.5 Å². The smallest absolute Gasteiger partial charge is 0.0531 e. The summed E-state index contributed by atoms with van der Waals surface area (Å²) in [7, 11) is 0. The van der Waals surface area contributed by atoms with E-state index in [9.17, 15) is 0 Å². The Morgan fingerprint density at radius 3 is 2.55 bits per heavy atom. The van der Waals surface area contributed by atoms with Crippen molar-refractivity contribution in [2.24, 2.45) is 5.73 Å². The molecular formula is C6H13Cl2N3. The molecule has 0 unspecified atom stereocenters. The summed E-state index contributed by atoms with van der Waals surface area (Å²) in [5, 5.41) is 4.04. The summed E-state index contributed by atoms with van der Waals surface area (Å²) < 4.78 is 1.84. The molecule has 0 atom stereocenters. The monoisotopic (exact) mass is 197 g/mol. The SMILES string of the molecule is Cc1cnn(CCN)c1.Cl.Cl. The zero-order valence-corrected chi connectivity index (χ0v) is 7.99. The van der Waals surface area contributed by atoms with Crippen LogP contribution in [-0.2, 0) is 6.54 Å². The van der Waals surface area contributed by atoms with Crippen molar-refractivity contribution in [3.05, 3.63) is 18.0 Å². The van der Waals surface area contributed by atoms with Crippen molar-refractivity contribution in [2.75, 3.05) is 6.54 Å². The first-order valence-electron chi connectivity index (χ1n) is 3.02. The van der Waals surface area contributed by atoms with Gasteiger partial charge in [-0.2, -0.15) is 5.10 Å². The van der Waals surface area contributed by atoms with Crippen LogP contribution in [0.2, 0.25) is 0 Å². The van der Waals surface area contributed by atoms with Gasteiger partial charge in [0.2, 0.25) is 0 Å². The normalized spacial score (nSPS) is 8.18. The summed E-state index contributed by atoms with van der Waals surface area (Å²) in [6, 6.07) is 0. The molecule has 0 fully saturated rings. The Labute approximate surface area is 78.8 Å². The van der Waals surface area contributed by atoms with Gasteiger partial charge in [0, 0.05) is 12.7 Å². The fourth-order valence-electron chi connectivity index (χ4n) is 0.722. The molecule has 1 aromatic rings. The van der Waals surface area contributed by atoms with E-state index in [1.807, 2.05) is 24.0 Å². The van der Waals surface area contributed by atoms with Crippen molar-refractivity contribution >= 4 is 24.8 Å². The molecule has 0 aromatic carbocycles. The first kappa shape index (κ1) is 13.3. The fourth-order valence-corrected chi connectivity index (χ4v) is 0.722. The van der Waals surface area contributed by atoms with E-state index in [4.69, 9.17) is 5.73 Å². The van der Waals surface area contributed by atoms with E-state index in [0.717, 1.165) is 6.54 Å². The van der Waals surface area contributed by atoms with Crippen molar-refractivity contribution in [3.63, 3.8) is 0 Å². The van der Waals surface area contributed by atoms with Gasteiger partial charge in [-0.1, -0.05) is 0 Å². The van der Waals surface area contributed by atoms with Gasteiger partial charge in [0.25, 0.3) is 0 Å². The minimum absolute atomic E-state index is 0. The van der Waals surface area contributed by atoms with Gasteiger partial charge in [-0.3, -0.25) is 4.68 Å². The van der Waals surface area contributed by atoms with Crippen LogP contribution in [0.25, 0.3) is 0 Å². The molecule has 1 heterocycles. The van der Waals surface area contributed by atoms with Crippen molar-refractivity contribution in [1.29, 1.82) is 0 Å². The van der Waals surface area contributed by atoms with Crippen LogP contribution in [0.4, 0.5) is 0 Å². The second-order valence-corrected chi connectivity index (χ2v) is 2.07. The number of rotatable bonds is 2. The summed E-state index contributed by atoms with van der Waals surface area (Å²) in [5.74, 6) is 0. The van der Waals surface area contributed by atoms with Gasteiger partial charge in [0.1, 0.15) is 0 Å². The van der Waals surface area contributed by atoms with Gasteiger partial charge in [-0.15, -0.1) is 24.8 Å². The molecule has 0 amide bonds. The van der Waals surface area contributed by atoms with Crippen molar-refractivity contribution in [2.45, 2.75) is 13.5 Å². The number of hydrogen-bond acceptors (Lipinski definition) is 2. The number of nitrogens with zero attached hydrogens (tertiary/aromatic N) is 2. The van der Waals surface area contributed by atoms with Gasteiger partial charge >= 0.3 is 0 Å².